The molecule has 26 heavy (non-hydrogen) atoms. The van der Waals surface area contributed by atoms with E-state index in [2.05, 4.69) is 20.6 Å². The molecule has 0 saturated heterocycles. The lowest BCUT2D eigenvalue weighted by molar-refractivity contribution is 0.0601. The van der Waals surface area contributed by atoms with Gasteiger partial charge in [-0.3, -0.25) is 0 Å². The van der Waals surface area contributed by atoms with Crippen molar-refractivity contribution in [2.75, 3.05) is 17.7 Å². The third-order valence-corrected chi connectivity index (χ3v) is 3.51. The minimum absolute atomic E-state index is 0.303. The van der Waals surface area contributed by atoms with E-state index in [0.717, 1.165) is 0 Å². The van der Waals surface area contributed by atoms with Gasteiger partial charge in [-0.25, -0.2) is 19.2 Å². The maximum Gasteiger partial charge on any atom is 0.337 e. The van der Waals surface area contributed by atoms with Crippen molar-refractivity contribution >= 4 is 29.0 Å². The Bertz CT molecular complexity index is 929. The lowest BCUT2D eigenvalue weighted by Gasteiger charge is -2.11. The molecule has 0 unspecified atom stereocenters. The van der Waals surface area contributed by atoms with Crippen LogP contribution in [0.5, 0.6) is 0 Å². The Morgan fingerprint density at radius 1 is 0.962 bits per heavy atom. The summed E-state index contributed by atoms with van der Waals surface area (Å²) in [6, 6.07) is 14.6. The lowest BCUT2D eigenvalue weighted by atomic mass is 10.2. The van der Waals surface area contributed by atoms with Crippen molar-refractivity contribution in [2.24, 2.45) is 0 Å². The van der Waals surface area contributed by atoms with Gasteiger partial charge in [0.15, 0.2) is 0 Å². The summed E-state index contributed by atoms with van der Waals surface area (Å²) in [4.78, 5) is 20.3. The molecular weight excluding hydrogens is 335 g/mol. The first-order chi connectivity index (χ1) is 12.5. The van der Waals surface area contributed by atoms with Gasteiger partial charge in [0, 0.05) is 17.4 Å². The van der Waals surface area contributed by atoms with E-state index in [1.807, 2.05) is 6.07 Å². The highest BCUT2D eigenvalue weighted by Gasteiger charge is 2.07. The van der Waals surface area contributed by atoms with Crippen molar-refractivity contribution < 1.29 is 13.9 Å². The molecule has 0 saturated carbocycles. The van der Waals surface area contributed by atoms with Gasteiger partial charge in [-0.1, -0.05) is 6.07 Å². The predicted molar refractivity (Wildman–Crippen MR) is 97.5 cm³/mol. The van der Waals surface area contributed by atoms with Crippen LogP contribution < -0.4 is 10.6 Å². The number of ether oxygens (including phenoxy) is 1. The molecule has 7 heteroatoms. The van der Waals surface area contributed by atoms with Crippen LogP contribution in [0.1, 0.15) is 16.2 Å². The van der Waals surface area contributed by atoms with Crippen LogP contribution in [-0.2, 0) is 4.74 Å². The van der Waals surface area contributed by atoms with Crippen molar-refractivity contribution in [3.05, 3.63) is 71.8 Å². The van der Waals surface area contributed by atoms with Crippen LogP contribution in [0.2, 0.25) is 0 Å². The van der Waals surface area contributed by atoms with E-state index in [1.165, 1.54) is 19.2 Å². The van der Waals surface area contributed by atoms with Crippen LogP contribution in [0.15, 0.2) is 54.6 Å². The van der Waals surface area contributed by atoms with Crippen LogP contribution in [0.4, 0.5) is 27.4 Å². The quantitative estimate of drug-likeness (QED) is 0.670. The number of nitrogens with zero attached hydrogens (tertiary/aromatic N) is 2. The Labute approximate surface area is 150 Å². The zero-order valence-electron chi connectivity index (χ0n) is 14.3. The molecule has 1 aromatic heterocycles. The largest absolute Gasteiger partial charge is 0.465 e. The van der Waals surface area contributed by atoms with Crippen LogP contribution in [0.25, 0.3) is 0 Å². The fourth-order valence-corrected chi connectivity index (χ4v) is 2.37. The fraction of sp³-hybridized carbons (Fsp3) is 0.105. The Kier molecular flexibility index (Phi) is 5.07. The second-order valence-electron chi connectivity index (χ2n) is 5.51. The zero-order valence-corrected chi connectivity index (χ0v) is 14.3. The summed E-state index contributed by atoms with van der Waals surface area (Å²) < 4.78 is 17.7. The van der Waals surface area contributed by atoms with Crippen molar-refractivity contribution in [1.82, 2.24) is 9.97 Å². The molecular formula is C19H17FN4O2. The molecule has 0 aliphatic rings. The number of hydrogen-bond acceptors (Lipinski definition) is 6. The monoisotopic (exact) mass is 352 g/mol. The van der Waals surface area contributed by atoms with Crippen LogP contribution >= 0.6 is 0 Å². The number of carbonyl (C=O) groups excluding carboxylic acids is 1. The molecule has 0 aliphatic carbocycles. The minimum atomic E-state index is -0.411. The summed E-state index contributed by atoms with van der Waals surface area (Å²) >= 11 is 0. The number of carbonyl (C=O) groups is 1. The van der Waals surface area contributed by atoms with E-state index in [0.29, 0.717) is 34.4 Å². The average Bonchev–Trinajstić information content (AvgIpc) is 2.63. The Hall–Kier alpha value is -3.48. The first kappa shape index (κ1) is 17.3. The predicted octanol–water partition coefficient (Wildman–Crippen LogP) is 4.20. The van der Waals surface area contributed by atoms with Crippen LogP contribution in [0.3, 0.4) is 0 Å². The van der Waals surface area contributed by atoms with Gasteiger partial charge in [0.2, 0.25) is 0 Å². The van der Waals surface area contributed by atoms with Gasteiger partial charge in [0.1, 0.15) is 23.3 Å². The summed E-state index contributed by atoms with van der Waals surface area (Å²) in [5.74, 6) is 0.969. The van der Waals surface area contributed by atoms with E-state index in [1.54, 1.807) is 43.3 Å². The van der Waals surface area contributed by atoms with E-state index >= 15 is 0 Å². The molecule has 1 heterocycles. The molecule has 0 aliphatic heterocycles. The standard InChI is InChI=1S/C19H17FN4O2/c1-12-21-17(23-15-8-6-14(20)7-9-15)11-18(22-12)24-16-5-3-4-13(10-16)19(25)26-2/h3-11H,1-2H3,(H2,21,22,23,24). The smallest absolute Gasteiger partial charge is 0.337 e. The first-order valence-corrected chi connectivity index (χ1v) is 7.87. The number of benzene rings is 2. The maximum absolute atomic E-state index is 13.0. The highest BCUT2D eigenvalue weighted by atomic mass is 19.1. The average molecular weight is 352 g/mol. The minimum Gasteiger partial charge on any atom is -0.465 e. The fourth-order valence-electron chi connectivity index (χ4n) is 2.37. The van der Waals surface area contributed by atoms with Gasteiger partial charge in [-0.2, -0.15) is 0 Å². The number of esters is 1. The van der Waals surface area contributed by atoms with Crippen molar-refractivity contribution in [2.45, 2.75) is 6.92 Å². The number of halogens is 1. The molecule has 0 radical (unpaired) electrons. The Morgan fingerprint density at radius 3 is 2.27 bits per heavy atom. The second kappa shape index (κ2) is 7.60. The number of rotatable bonds is 5. The lowest BCUT2D eigenvalue weighted by Crippen LogP contribution is -2.04. The number of nitrogens with one attached hydrogen (secondary N) is 2. The number of aromatic nitrogens is 2. The summed E-state index contributed by atoms with van der Waals surface area (Å²) in [6.07, 6.45) is 0. The maximum atomic E-state index is 13.0. The Morgan fingerprint density at radius 2 is 1.62 bits per heavy atom. The molecule has 3 aromatic rings. The molecule has 0 bridgehead atoms. The van der Waals surface area contributed by atoms with E-state index in [9.17, 15) is 9.18 Å². The van der Waals surface area contributed by atoms with Gasteiger partial charge in [-0.15, -0.1) is 0 Å². The SMILES string of the molecule is COC(=O)c1cccc(Nc2cc(Nc3ccc(F)cc3)nc(C)n2)c1. The highest BCUT2D eigenvalue weighted by molar-refractivity contribution is 5.90. The molecule has 3 rings (SSSR count). The molecule has 2 N–H and O–H groups in total. The topological polar surface area (TPSA) is 76.1 Å². The summed E-state index contributed by atoms with van der Waals surface area (Å²) in [6.45, 7) is 1.77. The number of hydrogen-bond donors (Lipinski definition) is 2. The number of methoxy groups -OCH3 is 1. The normalized spacial score (nSPS) is 10.3. The molecule has 0 spiro atoms. The van der Waals surface area contributed by atoms with Gasteiger partial charge in [0.25, 0.3) is 0 Å². The van der Waals surface area contributed by atoms with Gasteiger partial charge < -0.3 is 15.4 Å². The van der Waals surface area contributed by atoms with Gasteiger partial charge in [0.05, 0.1) is 12.7 Å². The molecule has 6 nitrogen and oxygen atoms in total. The van der Waals surface area contributed by atoms with Crippen molar-refractivity contribution in [3.63, 3.8) is 0 Å². The highest BCUT2D eigenvalue weighted by Crippen LogP contribution is 2.21. The summed E-state index contributed by atoms with van der Waals surface area (Å²) in [7, 11) is 1.34. The zero-order chi connectivity index (χ0) is 18.5. The van der Waals surface area contributed by atoms with Gasteiger partial charge >= 0.3 is 5.97 Å². The van der Waals surface area contributed by atoms with E-state index < -0.39 is 5.97 Å². The van der Waals surface area contributed by atoms with Gasteiger partial charge in [-0.05, 0) is 49.4 Å². The third-order valence-electron chi connectivity index (χ3n) is 3.51. The summed E-state index contributed by atoms with van der Waals surface area (Å²) in [5, 5.41) is 6.25. The van der Waals surface area contributed by atoms with Crippen molar-refractivity contribution in [1.29, 1.82) is 0 Å². The Balaban J connectivity index is 1.81. The number of aryl methyl sites for hydroxylation is 1. The van der Waals surface area contributed by atoms with Crippen LogP contribution in [0, 0.1) is 12.7 Å². The van der Waals surface area contributed by atoms with Crippen molar-refractivity contribution in [3.8, 4) is 0 Å². The molecule has 0 fully saturated rings. The second-order valence-corrected chi connectivity index (χ2v) is 5.51. The third kappa shape index (κ3) is 4.32. The van der Waals surface area contributed by atoms with E-state index in [4.69, 9.17) is 4.74 Å². The molecule has 0 amide bonds. The molecule has 0 atom stereocenters. The molecule has 132 valence electrons. The molecule has 2 aromatic carbocycles. The first-order valence-electron chi connectivity index (χ1n) is 7.87. The van der Waals surface area contributed by atoms with E-state index in [-0.39, 0.29) is 5.82 Å². The number of anilines is 4. The summed E-state index contributed by atoms with van der Waals surface area (Å²) in [5.41, 5.74) is 1.84. The van der Waals surface area contributed by atoms with Crippen LogP contribution in [-0.4, -0.2) is 23.0 Å².